The smallest absolute Gasteiger partial charge is 0.254 e. The van der Waals surface area contributed by atoms with Crippen LogP contribution in [0, 0.1) is 0 Å². The first kappa shape index (κ1) is 32.4. The van der Waals surface area contributed by atoms with Crippen molar-refractivity contribution in [2.45, 2.75) is 64.0 Å². The van der Waals surface area contributed by atoms with E-state index in [4.69, 9.17) is 14.5 Å². The third kappa shape index (κ3) is 5.79. The van der Waals surface area contributed by atoms with Crippen molar-refractivity contribution >= 4 is 33.8 Å². The van der Waals surface area contributed by atoms with Crippen LogP contribution < -0.4 is 14.8 Å². The maximum Gasteiger partial charge on any atom is 0.254 e. The van der Waals surface area contributed by atoms with Gasteiger partial charge in [0.1, 0.15) is 23.9 Å². The predicted octanol–water partition coefficient (Wildman–Crippen LogP) is 6.69. The molecular formula is C40H46N6O4. The second kappa shape index (κ2) is 12.8. The number of aromatic nitrogens is 3. The molecule has 2 N–H and O–H groups in total. The molecule has 10 nitrogen and oxygen atoms in total. The highest BCUT2D eigenvalue weighted by Gasteiger charge is 2.32. The molecule has 2 aromatic heterocycles. The van der Waals surface area contributed by atoms with E-state index < -0.39 is 5.54 Å². The molecule has 0 unspecified atom stereocenters. The summed E-state index contributed by atoms with van der Waals surface area (Å²) >= 11 is 0. The SMILES string of the molecule is COc1ccc2c(c1)OCCn1c-2c(C2CCCCC2)c2ccc(C(=O)NC(C)(C)c3nc4ccc(C(=O)N5CCN(C)CC5)cc4[nH]3)cc21. The Kier molecular flexibility index (Phi) is 8.29. The molecule has 8 rings (SSSR count). The second-order valence-corrected chi connectivity index (χ2v) is 14.7. The van der Waals surface area contributed by atoms with Crippen molar-refractivity contribution in [3.8, 4) is 22.8 Å². The largest absolute Gasteiger partial charge is 0.497 e. The van der Waals surface area contributed by atoms with Gasteiger partial charge in [-0.25, -0.2) is 4.98 Å². The molecule has 0 bridgehead atoms. The molecule has 2 fully saturated rings. The zero-order valence-corrected chi connectivity index (χ0v) is 29.5. The van der Waals surface area contributed by atoms with E-state index in [0.717, 1.165) is 72.6 Å². The Labute approximate surface area is 292 Å². The van der Waals surface area contributed by atoms with Gasteiger partial charge in [0, 0.05) is 59.8 Å². The van der Waals surface area contributed by atoms with Gasteiger partial charge in [-0.05, 0) is 87.7 Å². The molecule has 0 radical (unpaired) electrons. The normalized spacial score (nSPS) is 17.2. The Morgan fingerprint density at radius 2 is 1.72 bits per heavy atom. The molecule has 1 saturated carbocycles. The predicted molar refractivity (Wildman–Crippen MR) is 195 cm³/mol. The number of nitrogens with one attached hydrogen (secondary N) is 2. The van der Waals surface area contributed by atoms with Crippen molar-refractivity contribution < 1.29 is 19.1 Å². The fraction of sp³-hybridized carbons (Fsp3) is 0.425. The Bertz CT molecular complexity index is 2100. The van der Waals surface area contributed by atoms with Gasteiger partial charge in [0.05, 0.1) is 35.9 Å². The molecule has 260 valence electrons. The zero-order chi connectivity index (χ0) is 34.6. The number of ether oxygens (including phenoxy) is 2. The number of carbonyl (C=O) groups excluding carboxylic acids is 2. The summed E-state index contributed by atoms with van der Waals surface area (Å²) in [5.41, 5.74) is 6.66. The molecule has 0 spiro atoms. The minimum absolute atomic E-state index is 0.0313. The van der Waals surface area contributed by atoms with E-state index >= 15 is 0 Å². The summed E-state index contributed by atoms with van der Waals surface area (Å²) in [6, 6.07) is 17.8. The molecule has 50 heavy (non-hydrogen) atoms. The topological polar surface area (TPSA) is 105 Å². The number of imidazole rings is 1. The van der Waals surface area contributed by atoms with Crippen LogP contribution >= 0.6 is 0 Å². The Hall–Kier alpha value is -4.83. The number of amides is 2. The summed E-state index contributed by atoms with van der Waals surface area (Å²) in [6.45, 7) is 8.29. The molecule has 0 atom stereocenters. The number of nitrogens with zero attached hydrogens (tertiary/aromatic N) is 4. The molecule has 3 aliphatic rings. The first-order valence-electron chi connectivity index (χ1n) is 18.0. The van der Waals surface area contributed by atoms with Crippen LogP contribution in [-0.4, -0.2) is 83.1 Å². The van der Waals surface area contributed by atoms with Crippen LogP contribution in [0.25, 0.3) is 33.2 Å². The number of methoxy groups -OCH3 is 1. The van der Waals surface area contributed by atoms with Gasteiger partial charge in [0.2, 0.25) is 0 Å². The van der Waals surface area contributed by atoms with Crippen LogP contribution in [0.1, 0.15) is 84.0 Å². The fourth-order valence-corrected chi connectivity index (χ4v) is 8.08. The molecule has 10 heteroatoms. The van der Waals surface area contributed by atoms with E-state index in [0.29, 0.717) is 36.0 Å². The number of hydrogen-bond donors (Lipinski definition) is 2. The maximum atomic E-state index is 14.0. The standard InChI is InChI=1S/C40H46N6O4/c1-40(2,39-41-31-15-11-27(22-32(31)42-39)38(48)45-18-16-44(3)17-19-45)43-37(47)26-10-13-29-33(23-26)46-20-21-50-34-24-28(49-4)12-14-30(34)36(46)35(29)25-8-6-5-7-9-25/h10-15,22-25H,5-9,16-21H2,1-4H3,(H,41,42)(H,43,47). The van der Waals surface area contributed by atoms with Gasteiger partial charge in [-0.1, -0.05) is 25.3 Å². The lowest BCUT2D eigenvalue weighted by molar-refractivity contribution is 0.0664. The van der Waals surface area contributed by atoms with E-state index in [1.807, 2.05) is 61.2 Å². The molecule has 5 aromatic rings. The van der Waals surface area contributed by atoms with E-state index in [1.54, 1.807) is 7.11 Å². The molecule has 1 saturated heterocycles. The number of carbonyl (C=O) groups is 2. The highest BCUT2D eigenvalue weighted by molar-refractivity contribution is 6.02. The number of fused-ring (bicyclic) bond motifs is 6. The molecule has 2 amide bonds. The highest BCUT2D eigenvalue weighted by atomic mass is 16.5. The van der Waals surface area contributed by atoms with Crippen LogP contribution in [0.3, 0.4) is 0 Å². The van der Waals surface area contributed by atoms with E-state index in [9.17, 15) is 9.59 Å². The minimum atomic E-state index is -0.804. The Morgan fingerprint density at radius 3 is 2.50 bits per heavy atom. The quantitative estimate of drug-likeness (QED) is 0.208. The van der Waals surface area contributed by atoms with E-state index in [-0.39, 0.29) is 11.8 Å². The first-order chi connectivity index (χ1) is 24.2. The van der Waals surface area contributed by atoms with Crippen LogP contribution in [0.4, 0.5) is 0 Å². The van der Waals surface area contributed by atoms with Gasteiger partial charge >= 0.3 is 0 Å². The number of piperazine rings is 1. The van der Waals surface area contributed by atoms with Crippen molar-refractivity contribution in [2.24, 2.45) is 0 Å². The van der Waals surface area contributed by atoms with Crippen molar-refractivity contribution in [2.75, 3.05) is 46.9 Å². The summed E-state index contributed by atoms with van der Waals surface area (Å²) < 4.78 is 14.2. The Morgan fingerprint density at radius 1 is 0.940 bits per heavy atom. The fourth-order valence-electron chi connectivity index (χ4n) is 8.08. The lowest BCUT2D eigenvalue weighted by atomic mass is 9.81. The van der Waals surface area contributed by atoms with Crippen LogP contribution in [0.15, 0.2) is 54.6 Å². The first-order valence-corrected chi connectivity index (χ1v) is 18.0. The number of H-pyrrole nitrogens is 1. The minimum Gasteiger partial charge on any atom is -0.497 e. The highest BCUT2D eigenvalue weighted by Crippen LogP contribution is 2.47. The third-order valence-corrected chi connectivity index (χ3v) is 10.9. The number of likely N-dealkylation sites (N-methyl/N-ethyl adjacent to an activating group) is 1. The molecule has 3 aromatic carbocycles. The molecule has 1 aliphatic carbocycles. The maximum absolute atomic E-state index is 14.0. The number of aromatic amines is 1. The van der Waals surface area contributed by atoms with Gasteiger partial charge in [0.15, 0.2) is 0 Å². The van der Waals surface area contributed by atoms with Gasteiger partial charge < -0.3 is 34.1 Å². The van der Waals surface area contributed by atoms with Crippen LogP contribution in [0.5, 0.6) is 11.5 Å². The van der Waals surface area contributed by atoms with Gasteiger partial charge in [-0.2, -0.15) is 0 Å². The lowest BCUT2D eigenvalue weighted by Crippen LogP contribution is -2.47. The average molecular weight is 675 g/mol. The van der Waals surface area contributed by atoms with Crippen LogP contribution in [-0.2, 0) is 12.1 Å². The van der Waals surface area contributed by atoms with Crippen molar-refractivity contribution in [1.29, 1.82) is 0 Å². The van der Waals surface area contributed by atoms with Gasteiger partial charge in [-0.15, -0.1) is 0 Å². The Balaban J connectivity index is 1.10. The summed E-state index contributed by atoms with van der Waals surface area (Å²) in [5.74, 6) is 2.56. The monoisotopic (exact) mass is 674 g/mol. The average Bonchev–Trinajstić information content (AvgIpc) is 3.65. The summed E-state index contributed by atoms with van der Waals surface area (Å²) in [5, 5.41) is 4.45. The number of rotatable bonds is 6. The van der Waals surface area contributed by atoms with E-state index in [1.165, 1.54) is 35.9 Å². The van der Waals surface area contributed by atoms with Crippen LogP contribution in [0.2, 0.25) is 0 Å². The second-order valence-electron chi connectivity index (χ2n) is 14.7. The molecule has 2 aliphatic heterocycles. The number of hydrogen-bond acceptors (Lipinski definition) is 6. The van der Waals surface area contributed by atoms with Crippen molar-refractivity contribution in [3.05, 3.63) is 77.1 Å². The molecule has 4 heterocycles. The van der Waals surface area contributed by atoms with Gasteiger partial charge in [-0.3, -0.25) is 9.59 Å². The zero-order valence-electron chi connectivity index (χ0n) is 29.5. The summed E-state index contributed by atoms with van der Waals surface area (Å²) in [6.07, 6.45) is 6.07. The summed E-state index contributed by atoms with van der Waals surface area (Å²) in [7, 11) is 3.76. The summed E-state index contributed by atoms with van der Waals surface area (Å²) in [4.78, 5) is 39.6. The van der Waals surface area contributed by atoms with Gasteiger partial charge in [0.25, 0.3) is 11.8 Å². The van der Waals surface area contributed by atoms with Crippen molar-refractivity contribution in [3.63, 3.8) is 0 Å². The lowest BCUT2D eigenvalue weighted by Gasteiger charge is -2.32. The molecular weight excluding hydrogens is 628 g/mol. The van der Waals surface area contributed by atoms with E-state index in [2.05, 4.69) is 38.9 Å². The van der Waals surface area contributed by atoms with Crippen molar-refractivity contribution in [1.82, 2.24) is 29.7 Å². The number of benzene rings is 3. The third-order valence-electron chi connectivity index (χ3n) is 10.9.